The highest BCUT2D eigenvalue weighted by molar-refractivity contribution is 6.55. The third-order valence-electron chi connectivity index (χ3n) is 3.18. The highest BCUT2D eigenvalue weighted by Crippen LogP contribution is 2.48. The monoisotopic (exact) mass is 457 g/mol. The maximum Gasteiger partial charge on any atom is 0.262 e. The topological polar surface area (TPSA) is 56.8 Å². The predicted octanol–water partition coefficient (Wildman–Crippen LogP) is 5.99. The van der Waals surface area contributed by atoms with E-state index in [-0.39, 0.29) is 37.5 Å². The minimum absolute atomic E-state index is 0.00506. The Labute approximate surface area is 175 Å². The van der Waals surface area contributed by atoms with Crippen LogP contribution in [0.15, 0.2) is 18.2 Å². The standard InChI is InChI=1S/C16H12Cl5NO4/c1-24-8-4-3-7(5-9(8)25-2)22-10(23)6-26-16-14(20)12(18)11(17)13(19)15(16)21/h3-5H,6H2,1-2H3,(H,22,23). The normalized spacial score (nSPS) is 10.4. The lowest BCUT2D eigenvalue weighted by atomic mass is 10.2. The Morgan fingerprint density at radius 2 is 1.42 bits per heavy atom. The number of benzene rings is 2. The smallest absolute Gasteiger partial charge is 0.262 e. The molecule has 0 saturated carbocycles. The highest BCUT2D eigenvalue weighted by atomic mass is 35.5. The van der Waals surface area contributed by atoms with Crippen LogP contribution in [0.25, 0.3) is 0 Å². The van der Waals surface area contributed by atoms with Crippen molar-refractivity contribution >= 4 is 69.6 Å². The van der Waals surface area contributed by atoms with E-state index in [0.717, 1.165) is 0 Å². The molecule has 0 aliphatic heterocycles. The Morgan fingerprint density at radius 3 is 1.96 bits per heavy atom. The van der Waals surface area contributed by atoms with Gasteiger partial charge in [0.25, 0.3) is 5.91 Å². The Kier molecular flexibility index (Phi) is 7.38. The van der Waals surface area contributed by atoms with Gasteiger partial charge in [0.2, 0.25) is 0 Å². The third kappa shape index (κ3) is 4.53. The van der Waals surface area contributed by atoms with Gasteiger partial charge >= 0.3 is 0 Å². The molecular weight excluding hydrogens is 447 g/mol. The van der Waals surface area contributed by atoms with Crippen LogP contribution in [0.2, 0.25) is 25.1 Å². The number of hydrogen-bond donors (Lipinski definition) is 1. The number of carbonyl (C=O) groups is 1. The van der Waals surface area contributed by atoms with Crippen LogP contribution in [0, 0.1) is 0 Å². The number of nitrogens with one attached hydrogen (secondary N) is 1. The first kappa shape index (κ1) is 21.1. The molecule has 0 unspecified atom stereocenters. The van der Waals surface area contributed by atoms with Crippen molar-refractivity contribution in [3.8, 4) is 17.2 Å². The largest absolute Gasteiger partial charge is 0.493 e. The zero-order valence-electron chi connectivity index (χ0n) is 13.5. The fourth-order valence-corrected chi connectivity index (χ4v) is 3.19. The molecule has 0 bridgehead atoms. The van der Waals surface area contributed by atoms with Crippen LogP contribution in [-0.2, 0) is 4.79 Å². The molecule has 0 aromatic heterocycles. The number of halogens is 5. The quantitative estimate of drug-likeness (QED) is 0.426. The molecule has 10 heteroatoms. The van der Waals surface area contributed by atoms with E-state index in [0.29, 0.717) is 17.2 Å². The average Bonchev–Trinajstić information content (AvgIpc) is 2.64. The molecule has 2 aromatic rings. The van der Waals surface area contributed by atoms with Crippen LogP contribution in [-0.4, -0.2) is 26.7 Å². The zero-order chi connectivity index (χ0) is 19.4. The van der Waals surface area contributed by atoms with Crippen molar-refractivity contribution in [2.24, 2.45) is 0 Å². The summed E-state index contributed by atoms with van der Waals surface area (Å²) < 4.78 is 15.7. The lowest BCUT2D eigenvalue weighted by molar-refractivity contribution is -0.118. The van der Waals surface area contributed by atoms with E-state index in [1.165, 1.54) is 14.2 Å². The molecule has 0 heterocycles. The first-order chi connectivity index (χ1) is 12.3. The van der Waals surface area contributed by atoms with Crippen molar-refractivity contribution in [2.75, 3.05) is 26.1 Å². The molecule has 0 aliphatic rings. The zero-order valence-corrected chi connectivity index (χ0v) is 17.2. The fourth-order valence-electron chi connectivity index (χ4n) is 1.96. The maximum absolute atomic E-state index is 12.1. The molecule has 0 spiro atoms. The first-order valence-corrected chi connectivity index (χ1v) is 8.85. The van der Waals surface area contributed by atoms with Gasteiger partial charge in [0.05, 0.1) is 29.3 Å². The second kappa shape index (κ2) is 9.11. The Morgan fingerprint density at radius 1 is 0.885 bits per heavy atom. The van der Waals surface area contributed by atoms with Crippen molar-refractivity contribution in [3.63, 3.8) is 0 Å². The second-order valence-electron chi connectivity index (χ2n) is 4.81. The van der Waals surface area contributed by atoms with Crippen LogP contribution < -0.4 is 19.5 Å². The molecule has 1 amide bonds. The van der Waals surface area contributed by atoms with E-state index in [4.69, 9.17) is 72.2 Å². The summed E-state index contributed by atoms with van der Waals surface area (Å²) in [6.45, 7) is -0.387. The fraction of sp³-hybridized carbons (Fsp3) is 0.188. The van der Waals surface area contributed by atoms with Gasteiger partial charge in [0, 0.05) is 11.8 Å². The predicted molar refractivity (Wildman–Crippen MR) is 105 cm³/mol. The van der Waals surface area contributed by atoms with Crippen LogP contribution in [0.3, 0.4) is 0 Å². The molecule has 2 aromatic carbocycles. The molecule has 0 radical (unpaired) electrons. The van der Waals surface area contributed by atoms with Gasteiger partial charge in [-0.1, -0.05) is 58.0 Å². The summed E-state index contributed by atoms with van der Waals surface area (Å²) in [4.78, 5) is 12.1. The summed E-state index contributed by atoms with van der Waals surface area (Å²) in [5.74, 6) is 0.501. The number of anilines is 1. The molecule has 2 rings (SSSR count). The number of amides is 1. The highest BCUT2D eigenvalue weighted by Gasteiger charge is 2.21. The van der Waals surface area contributed by atoms with Crippen molar-refractivity contribution < 1.29 is 19.0 Å². The van der Waals surface area contributed by atoms with Gasteiger partial charge in [-0.15, -0.1) is 0 Å². The van der Waals surface area contributed by atoms with Gasteiger partial charge in [0.15, 0.2) is 23.9 Å². The molecule has 0 aliphatic carbocycles. The molecule has 26 heavy (non-hydrogen) atoms. The van der Waals surface area contributed by atoms with E-state index in [1.54, 1.807) is 18.2 Å². The number of methoxy groups -OCH3 is 2. The first-order valence-electron chi connectivity index (χ1n) is 6.96. The summed E-state index contributed by atoms with van der Waals surface area (Å²) in [5.41, 5.74) is 0.487. The van der Waals surface area contributed by atoms with E-state index in [1.807, 2.05) is 0 Å². The lowest BCUT2D eigenvalue weighted by Crippen LogP contribution is -2.20. The van der Waals surface area contributed by atoms with Crippen molar-refractivity contribution in [2.45, 2.75) is 0 Å². The third-order valence-corrected chi connectivity index (χ3v) is 5.43. The van der Waals surface area contributed by atoms with Crippen LogP contribution in [0.5, 0.6) is 17.2 Å². The van der Waals surface area contributed by atoms with Crippen LogP contribution in [0.4, 0.5) is 5.69 Å². The summed E-state index contributed by atoms with van der Waals surface area (Å²) in [6.07, 6.45) is 0. The Hall–Kier alpha value is -1.24. The van der Waals surface area contributed by atoms with Gasteiger partial charge in [0.1, 0.15) is 10.0 Å². The minimum atomic E-state index is -0.466. The molecule has 0 saturated heterocycles. The van der Waals surface area contributed by atoms with E-state index in [2.05, 4.69) is 5.32 Å². The van der Waals surface area contributed by atoms with Gasteiger partial charge in [-0.05, 0) is 12.1 Å². The molecular formula is C16H12Cl5NO4. The number of rotatable bonds is 6. The SMILES string of the molecule is COc1ccc(NC(=O)COc2c(Cl)c(Cl)c(Cl)c(Cl)c2Cl)cc1OC. The van der Waals surface area contributed by atoms with E-state index < -0.39 is 5.91 Å². The van der Waals surface area contributed by atoms with Crippen LogP contribution in [0.1, 0.15) is 0 Å². The second-order valence-corrected chi connectivity index (χ2v) is 6.70. The number of carbonyl (C=O) groups excluding carboxylic acids is 1. The summed E-state index contributed by atoms with van der Waals surface area (Å²) in [5, 5.41) is 2.54. The lowest BCUT2D eigenvalue weighted by Gasteiger charge is -2.14. The number of ether oxygens (including phenoxy) is 3. The van der Waals surface area contributed by atoms with Crippen molar-refractivity contribution in [3.05, 3.63) is 43.3 Å². The van der Waals surface area contributed by atoms with Crippen molar-refractivity contribution in [1.82, 2.24) is 0 Å². The van der Waals surface area contributed by atoms with Crippen LogP contribution >= 0.6 is 58.0 Å². The molecule has 0 atom stereocenters. The van der Waals surface area contributed by atoms with Gasteiger partial charge in [-0.2, -0.15) is 0 Å². The number of hydrogen-bond acceptors (Lipinski definition) is 4. The molecule has 1 N–H and O–H groups in total. The van der Waals surface area contributed by atoms with E-state index in [9.17, 15) is 4.79 Å². The Balaban J connectivity index is 2.11. The minimum Gasteiger partial charge on any atom is -0.493 e. The Bertz CT molecular complexity index is 815. The molecule has 5 nitrogen and oxygen atoms in total. The molecule has 140 valence electrons. The average molecular weight is 460 g/mol. The van der Waals surface area contributed by atoms with E-state index >= 15 is 0 Å². The summed E-state index contributed by atoms with van der Waals surface area (Å²) >= 11 is 29.9. The maximum atomic E-state index is 12.1. The summed E-state index contributed by atoms with van der Waals surface area (Å²) in [7, 11) is 3.00. The molecule has 0 fully saturated rings. The van der Waals surface area contributed by atoms with Gasteiger partial charge in [-0.3, -0.25) is 4.79 Å². The van der Waals surface area contributed by atoms with Gasteiger partial charge in [-0.25, -0.2) is 0 Å². The summed E-state index contributed by atoms with van der Waals surface area (Å²) in [6, 6.07) is 4.91. The van der Waals surface area contributed by atoms with Gasteiger partial charge < -0.3 is 19.5 Å². The van der Waals surface area contributed by atoms with Crippen molar-refractivity contribution in [1.29, 1.82) is 0 Å².